The normalized spacial score (nSPS) is 24.4. The van der Waals surface area contributed by atoms with Crippen LogP contribution in [0.5, 0.6) is 5.75 Å². The number of likely N-dealkylation sites (tertiary alicyclic amines) is 1. The number of benzene rings is 1. The SMILES string of the molecule is [2H]C([2H])([2H])C(C)CC(NC(=O)C1CCCN1C(=O)C1CSCCCC(=O)NC(Cc2ccc(OC)cc2)C(=O)NC(C(C)CC)C(=O)NC(CCC(N)=O)C(=O)NC(CC(N)=O)C(=O)N1)C(=O)NCC(N)=O. The number of ether oxygens (including phenoxy) is 1. The predicted octanol–water partition coefficient (Wildman–Crippen LogP) is -2.50. The van der Waals surface area contributed by atoms with Crippen molar-refractivity contribution in [1.82, 2.24) is 42.1 Å². The first-order valence-corrected chi connectivity index (χ1v) is 23.9. The lowest BCUT2D eigenvalue weighted by Crippen LogP contribution is -2.61. The van der Waals surface area contributed by atoms with E-state index in [-0.39, 0.29) is 56.6 Å². The standard InChI is InChI=1S/C45H69N11O12S/c1-6-25(4)38-44(66)51-28(15-16-34(46)57)40(62)52-31(21-35(47)58)41(63)54-32(23-69-18-8-10-37(60)50-30(42(64)55-38)20-26-11-13-27(68-5)14-12-26)45(67)56-17-7-9-33(56)43(65)53-29(19-24(2)3)39(61)49-22-36(48)59/h11-14,24-25,28-33,38H,6-10,15-23H2,1-5H3,(H2,46,57)(H2,47,58)(H2,48,59)(H,49,61)(H,50,60)(H,51,66)(H,52,62)(H,53,65)(H,54,63)(H,55,64)/i2D3. The van der Waals surface area contributed by atoms with Crippen LogP contribution in [0.2, 0.25) is 0 Å². The highest BCUT2D eigenvalue weighted by Gasteiger charge is 2.40. The summed E-state index contributed by atoms with van der Waals surface area (Å²) in [6.45, 7) is 1.64. The fourth-order valence-electron chi connectivity index (χ4n) is 7.57. The quantitative estimate of drug-likeness (QED) is 0.0728. The van der Waals surface area contributed by atoms with Crippen molar-refractivity contribution in [2.45, 2.75) is 134 Å². The average molecular weight is 991 g/mol. The lowest BCUT2D eigenvalue weighted by molar-refractivity contribution is -0.142. The molecule has 24 heteroatoms. The van der Waals surface area contributed by atoms with Crippen LogP contribution in [0.25, 0.3) is 0 Å². The number of carbonyl (C=O) groups excluding carboxylic acids is 11. The molecule has 2 fully saturated rings. The van der Waals surface area contributed by atoms with E-state index in [1.807, 2.05) is 0 Å². The van der Waals surface area contributed by atoms with Gasteiger partial charge in [0.25, 0.3) is 0 Å². The Kier molecular flexibility index (Phi) is 21.2. The van der Waals surface area contributed by atoms with E-state index >= 15 is 0 Å². The number of hydrogen-bond donors (Lipinski definition) is 10. The maximum Gasteiger partial charge on any atom is 0.246 e. The number of carbonyl (C=O) groups is 11. The lowest BCUT2D eigenvalue weighted by atomic mass is 9.96. The number of primary amides is 3. The number of methoxy groups -OCH3 is 1. The second kappa shape index (κ2) is 28.1. The number of nitrogens with two attached hydrogens (primary N) is 3. The molecule has 23 nitrogen and oxygen atoms in total. The van der Waals surface area contributed by atoms with Gasteiger partial charge >= 0.3 is 0 Å². The van der Waals surface area contributed by atoms with E-state index in [9.17, 15) is 52.7 Å². The summed E-state index contributed by atoms with van der Waals surface area (Å²) >= 11 is 1.13. The van der Waals surface area contributed by atoms with Crippen molar-refractivity contribution >= 4 is 76.7 Å². The van der Waals surface area contributed by atoms with Gasteiger partial charge in [-0.15, -0.1) is 0 Å². The van der Waals surface area contributed by atoms with Crippen LogP contribution >= 0.6 is 11.8 Å². The first-order chi connectivity index (χ1) is 33.8. The van der Waals surface area contributed by atoms with E-state index in [1.165, 1.54) is 14.0 Å². The van der Waals surface area contributed by atoms with E-state index in [0.717, 1.165) is 16.7 Å². The van der Waals surface area contributed by atoms with Crippen LogP contribution in [-0.2, 0) is 59.2 Å². The molecule has 2 aliphatic heterocycles. The second-order valence-corrected chi connectivity index (χ2v) is 18.3. The zero-order chi connectivity index (χ0) is 53.9. The molecule has 0 saturated carbocycles. The molecule has 1 aromatic carbocycles. The van der Waals surface area contributed by atoms with Gasteiger partial charge in [-0.25, -0.2) is 0 Å². The zero-order valence-corrected chi connectivity index (χ0v) is 40.2. The summed E-state index contributed by atoms with van der Waals surface area (Å²) in [6, 6.07) is -3.24. The second-order valence-electron chi connectivity index (χ2n) is 17.2. The Balaban J connectivity index is 2.04. The summed E-state index contributed by atoms with van der Waals surface area (Å²) in [4.78, 5) is 148. The van der Waals surface area contributed by atoms with Crippen LogP contribution in [0, 0.1) is 11.8 Å². The van der Waals surface area contributed by atoms with Crippen LogP contribution < -0.4 is 59.2 Å². The molecule has 0 aromatic heterocycles. The minimum absolute atomic E-state index is 0.000426. The highest BCUT2D eigenvalue weighted by Crippen LogP contribution is 2.22. The summed E-state index contributed by atoms with van der Waals surface area (Å²) in [7, 11) is 1.49. The maximum absolute atomic E-state index is 14.5. The molecular formula is C45H69N11O12S. The number of nitrogens with zero attached hydrogens (tertiary/aromatic N) is 1. The molecule has 0 aliphatic carbocycles. The van der Waals surface area contributed by atoms with Crippen LogP contribution in [0.3, 0.4) is 0 Å². The smallest absolute Gasteiger partial charge is 0.246 e. The molecule has 2 heterocycles. The minimum atomic E-state index is -2.53. The van der Waals surface area contributed by atoms with Crippen molar-refractivity contribution in [3.63, 3.8) is 0 Å². The lowest BCUT2D eigenvalue weighted by Gasteiger charge is -2.31. The van der Waals surface area contributed by atoms with Crippen molar-refractivity contribution in [1.29, 1.82) is 0 Å². The molecule has 382 valence electrons. The van der Waals surface area contributed by atoms with E-state index in [0.29, 0.717) is 17.7 Å². The molecule has 0 bridgehead atoms. The molecule has 9 unspecified atom stereocenters. The first-order valence-electron chi connectivity index (χ1n) is 24.3. The maximum atomic E-state index is 14.5. The van der Waals surface area contributed by atoms with E-state index in [4.69, 9.17) is 26.1 Å². The van der Waals surface area contributed by atoms with Crippen LogP contribution in [0.1, 0.15) is 95.1 Å². The molecule has 2 aliphatic rings. The number of thioether (sulfide) groups is 1. The summed E-state index contributed by atoms with van der Waals surface area (Å²) in [5.74, 6) is -10.6. The van der Waals surface area contributed by atoms with Gasteiger partial charge in [-0.2, -0.15) is 11.8 Å². The Morgan fingerprint density at radius 3 is 2.14 bits per heavy atom. The van der Waals surface area contributed by atoms with Gasteiger partial charge < -0.3 is 64.1 Å². The number of amides is 11. The largest absolute Gasteiger partial charge is 0.497 e. The van der Waals surface area contributed by atoms with Gasteiger partial charge in [-0.05, 0) is 67.4 Å². The Hall–Kier alpha value is -6.46. The van der Waals surface area contributed by atoms with Crippen molar-refractivity contribution in [2.75, 3.05) is 31.7 Å². The highest BCUT2D eigenvalue weighted by molar-refractivity contribution is 7.99. The Bertz CT molecular complexity index is 2140. The molecule has 3 rings (SSSR count). The molecule has 1 aromatic rings. The number of hydrogen-bond acceptors (Lipinski definition) is 13. The van der Waals surface area contributed by atoms with Crippen molar-refractivity contribution in [3.8, 4) is 5.75 Å². The van der Waals surface area contributed by atoms with Crippen LogP contribution in [0.15, 0.2) is 24.3 Å². The third-order valence-electron chi connectivity index (χ3n) is 11.5. The third-order valence-corrected chi connectivity index (χ3v) is 12.6. The first kappa shape index (κ1) is 51.9. The topological polar surface area (TPSA) is 363 Å². The van der Waals surface area contributed by atoms with Gasteiger partial charge in [-0.1, -0.05) is 46.2 Å². The van der Waals surface area contributed by atoms with E-state index in [1.54, 1.807) is 38.1 Å². The van der Waals surface area contributed by atoms with Gasteiger partial charge in [0.05, 0.1) is 20.1 Å². The van der Waals surface area contributed by atoms with Gasteiger partial charge in [0, 0.05) is 35.7 Å². The molecule has 2 saturated heterocycles. The summed E-state index contributed by atoms with van der Waals surface area (Å²) in [6.07, 6.45) is -1.19. The summed E-state index contributed by atoms with van der Waals surface area (Å²) in [5, 5.41) is 17.7. The summed E-state index contributed by atoms with van der Waals surface area (Å²) in [5.41, 5.74) is 16.7. The predicted molar refractivity (Wildman–Crippen MR) is 253 cm³/mol. The van der Waals surface area contributed by atoms with Crippen LogP contribution in [0.4, 0.5) is 0 Å². The van der Waals surface area contributed by atoms with Gasteiger partial charge in [0.15, 0.2) is 0 Å². The fraction of sp³-hybridized carbons (Fsp3) is 0.622. The van der Waals surface area contributed by atoms with Crippen molar-refractivity contribution < 1.29 is 61.6 Å². The average Bonchev–Trinajstić information content (AvgIpc) is 3.82. The molecule has 0 radical (unpaired) electrons. The number of rotatable bonds is 18. The number of nitrogens with one attached hydrogen (secondary N) is 7. The molecule has 0 spiro atoms. The third kappa shape index (κ3) is 18.9. The Morgan fingerprint density at radius 1 is 0.855 bits per heavy atom. The molecule has 11 amide bonds. The van der Waals surface area contributed by atoms with Gasteiger partial charge in [0.1, 0.15) is 48.0 Å². The highest BCUT2D eigenvalue weighted by atomic mass is 32.2. The monoisotopic (exact) mass is 991 g/mol. The van der Waals surface area contributed by atoms with Crippen LogP contribution in [-0.4, -0.2) is 144 Å². The fourth-order valence-corrected chi connectivity index (χ4v) is 8.54. The van der Waals surface area contributed by atoms with Gasteiger partial charge in [0.2, 0.25) is 65.0 Å². The molecule has 9 atom stereocenters. The minimum Gasteiger partial charge on any atom is -0.497 e. The Morgan fingerprint density at radius 2 is 1.52 bits per heavy atom. The van der Waals surface area contributed by atoms with Crippen molar-refractivity contribution in [3.05, 3.63) is 29.8 Å². The molecule has 69 heavy (non-hydrogen) atoms. The van der Waals surface area contributed by atoms with Crippen molar-refractivity contribution in [2.24, 2.45) is 29.0 Å². The zero-order valence-electron chi connectivity index (χ0n) is 42.4. The molecular weight excluding hydrogens is 919 g/mol. The van der Waals surface area contributed by atoms with Gasteiger partial charge in [-0.3, -0.25) is 52.7 Å². The van der Waals surface area contributed by atoms with E-state index in [2.05, 4.69) is 37.2 Å². The summed E-state index contributed by atoms with van der Waals surface area (Å²) < 4.78 is 28.6. The Labute approximate surface area is 410 Å². The van der Waals surface area contributed by atoms with E-state index < -0.39 is 152 Å². The molecule has 13 N–H and O–H groups in total.